The summed E-state index contributed by atoms with van der Waals surface area (Å²) in [5.41, 5.74) is 0.843. The van der Waals surface area contributed by atoms with Crippen molar-refractivity contribution in [1.29, 1.82) is 0 Å². The smallest absolute Gasteiger partial charge is 0.336 e. The molecule has 0 aliphatic carbocycles. The number of hydrogen-bond acceptors (Lipinski definition) is 4. The van der Waals surface area contributed by atoms with Gasteiger partial charge < -0.3 is 5.11 Å². The van der Waals surface area contributed by atoms with Crippen LogP contribution in [0.1, 0.15) is 15.9 Å². The molecule has 0 spiro atoms. The molecule has 0 fully saturated rings. The summed E-state index contributed by atoms with van der Waals surface area (Å²) in [7, 11) is -3.88. The van der Waals surface area contributed by atoms with Gasteiger partial charge in [0.2, 0.25) is 0 Å². The van der Waals surface area contributed by atoms with Crippen LogP contribution in [0.25, 0.3) is 0 Å². The second kappa shape index (κ2) is 5.98. The lowest BCUT2D eigenvalue weighted by Crippen LogP contribution is -2.15. The maximum Gasteiger partial charge on any atom is 0.336 e. The number of carboxylic acid groups (broad SMARTS) is 1. The van der Waals surface area contributed by atoms with Crippen LogP contribution in [0.5, 0.6) is 0 Å². The topological polar surface area (TPSA) is 96.4 Å². The monoisotopic (exact) mass is 418 g/mol. The predicted molar refractivity (Wildman–Crippen MR) is 85.9 cm³/mol. The highest BCUT2D eigenvalue weighted by atomic mass is 127. The molecule has 2 aromatic rings. The van der Waals surface area contributed by atoms with Gasteiger partial charge in [-0.3, -0.25) is 4.72 Å². The number of benzene rings is 1. The van der Waals surface area contributed by atoms with E-state index in [0.29, 0.717) is 3.57 Å². The number of pyridine rings is 1. The zero-order chi connectivity index (χ0) is 15.6. The molecule has 1 heterocycles. The number of aromatic carboxylic acids is 1. The first-order valence-corrected chi connectivity index (χ1v) is 8.34. The lowest BCUT2D eigenvalue weighted by atomic mass is 10.2. The number of carbonyl (C=O) groups is 1. The summed E-state index contributed by atoms with van der Waals surface area (Å²) in [6.07, 6.45) is 1.54. The van der Waals surface area contributed by atoms with E-state index in [1.165, 1.54) is 24.4 Å². The molecule has 6 nitrogen and oxygen atoms in total. The van der Waals surface area contributed by atoms with Gasteiger partial charge in [-0.25, -0.2) is 18.2 Å². The molecule has 8 heteroatoms. The number of anilines is 1. The molecule has 1 aromatic heterocycles. The molecule has 0 aliphatic heterocycles. The van der Waals surface area contributed by atoms with Gasteiger partial charge in [0.15, 0.2) is 0 Å². The molecule has 0 unspecified atom stereocenters. The summed E-state index contributed by atoms with van der Waals surface area (Å²) in [5.74, 6) is -0.999. The van der Waals surface area contributed by atoms with E-state index in [1.54, 1.807) is 6.07 Å². The number of sulfonamides is 1. The first-order valence-electron chi connectivity index (χ1n) is 5.78. The largest absolute Gasteiger partial charge is 0.478 e. The lowest BCUT2D eigenvalue weighted by molar-refractivity contribution is 0.0695. The van der Waals surface area contributed by atoms with E-state index in [-0.39, 0.29) is 16.3 Å². The fraction of sp³-hybridized carbons (Fsp3) is 0.0769. The minimum absolute atomic E-state index is 0.0599. The van der Waals surface area contributed by atoms with Crippen LogP contribution >= 0.6 is 22.6 Å². The van der Waals surface area contributed by atoms with Crippen molar-refractivity contribution in [2.75, 3.05) is 4.72 Å². The Morgan fingerprint density at radius 1 is 1.29 bits per heavy atom. The summed E-state index contributed by atoms with van der Waals surface area (Å²) in [5, 5.41) is 9.04. The summed E-state index contributed by atoms with van der Waals surface area (Å²) < 4.78 is 27.2. The van der Waals surface area contributed by atoms with Gasteiger partial charge in [-0.05, 0) is 59.3 Å². The molecule has 2 rings (SSSR count). The third kappa shape index (κ3) is 3.70. The first-order chi connectivity index (χ1) is 9.79. The minimum atomic E-state index is -3.88. The van der Waals surface area contributed by atoms with Crippen molar-refractivity contribution in [3.05, 3.63) is 51.2 Å². The lowest BCUT2D eigenvalue weighted by Gasteiger charge is -2.09. The van der Waals surface area contributed by atoms with Crippen molar-refractivity contribution in [2.24, 2.45) is 0 Å². The Kier molecular flexibility index (Phi) is 4.47. The average Bonchev–Trinajstić information content (AvgIpc) is 2.41. The number of aryl methyl sites for hydroxylation is 1. The highest BCUT2D eigenvalue weighted by Crippen LogP contribution is 2.20. The van der Waals surface area contributed by atoms with Crippen molar-refractivity contribution >= 4 is 44.4 Å². The van der Waals surface area contributed by atoms with Gasteiger partial charge in [-0.1, -0.05) is 6.07 Å². The Labute approximate surface area is 135 Å². The minimum Gasteiger partial charge on any atom is -0.478 e. The van der Waals surface area contributed by atoms with Gasteiger partial charge in [-0.15, -0.1) is 0 Å². The molecule has 0 bridgehead atoms. The summed E-state index contributed by atoms with van der Waals surface area (Å²) >= 11 is 1.84. The van der Waals surface area contributed by atoms with Crippen molar-refractivity contribution in [3.8, 4) is 0 Å². The van der Waals surface area contributed by atoms with E-state index in [2.05, 4.69) is 9.71 Å². The summed E-state index contributed by atoms with van der Waals surface area (Å²) in [6.45, 7) is 1.84. The Morgan fingerprint density at radius 3 is 2.57 bits per heavy atom. The highest BCUT2D eigenvalue weighted by Gasteiger charge is 2.18. The zero-order valence-electron chi connectivity index (χ0n) is 10.9. The second-order valence-electron chi connectivity index (χ2n) is 4.27. The molecular weight excluding hydrogens is 407 g/mol. The van der Waals surface area contributed by atoms with Gasteiger partial charge in [0.25, 0.3) is 10.0 Å². The summed E-state index contributed by atoms with van der Waals surface area (Å²) in [4.78, 5) is 14.9. The molecular formula is C13H11IN2O4S. The van der Waals surface area contributed by atoms with Crippen LogP contribution < -0.4 is 4.72 Å². The quantitative estimate of drug-likeness (QED) is 0.744. The molecule has 2 N–H and O–H groups in total. The van der Waals surface area contributed by atoms with Crippen LogP contribution in [-0.2, 0) is 10.0 Å². The van der Waals surface area contributed by atoms with Crippen LogP contribution in [0, 0.1) is 10.5 Å². The molecule has 0 saturated carbocycles. The van der Waals surface area contributed by atoms with Crippen molar-refractivity contribution < 1.29 is 18.3 Å². The number of nitrogens with one attached hydrogen (secondary N) is 1. The average molecular weight is 418 g/mol. The van der Waals surface area contributed by atoms with Gasteiger partial charge in [0, 0.05) is 9.77 Å². The molecule has 21 heavy (non-hydrogen) atoms. The molecule has 0 amide bonds. The third-order valence-corrected chi connectivity index (χ3v) is 4.92. The molecule has 1 aromatic carbocycles. The molecule has 0 atom stereocenters. The van der Waals surface area contributed by atoms with E-state index >= 15 is 0 Å². The van der Waals surface area contributed by atoms with Crippen LogP contribution in [0.4, 0.5) is 5.82 Å². The Bertz CT molecular complexity index is 788. The molecule has 110 valence electrons. The van der Waals surface area contributed by atoms with Crippen molar-refractivity contribution in [2.45, 2.75) is 11.8 Å². The van der Waals surface area contributed by atoms with Crippen molar-refractivity contribution in [3.63, 3.8) is 0 Å². The fourth-order valence-electron chi connectivity index (χ4n) is 1.56. The molecule has 0 aliphatic rings. The van der Waals surface area contributed by atoms with Crippen LogP contribution in [0.2, 0.25) is 0 Å². The van der Waals surface area contributed by atoms with E-state index in [9.17, 15) is 13.2 Å². The van der Waals surface area contributed by atoms with Gasteiger partial charge in [-0.2, -0.15) is 0 Å². The van der Waals surface area contributed by atoms with E-state index in [0.717, 1.165) is 11.6 Å². The summed E-state index contributed by atoms with van der Waals surface area (Å²) in [6, 6.07) is 7.19. The van der Waals surface area contributed by atoms with Crippen LogP contribution in [-0.4, -0.2) is 24.5 Å². The van der Waals surface area contributed by atoms with Gasteiger partial charge in [0.1, 0.15) is 5.82 Å². The standard InChI is InChI=1S/C13H11IN2O4S/c1-8-2-5-12(15-7-8)16-21(19,20)9-3-4-11(14)10(6-9)13(17)18/h2-7H,1H3,(H,15,16)(H,17,18). The number of halogens is 1. The van der Waals surface area contributed by atoms with E-state index in [1.807, 2.05) is 29.5 Å². The maximum absolute atomic E-state index is 12.2. The normalized spacial score (nSPS) is 11.1. The van der Waals surface area contributed by atoms with E-state index in [4.69, 9.17) is 5.11 Å². The van der Waals surface area contributed by atoms with E-state index < -0.39 is 16.0 Å². The van der Waals surface area contributed by atoms with Crippen molar-refractivity contribution in [1.82, 2.24) is 4.98 Å². The number of rotatable bonds is 4. The van der Waals surface area contributed by atoms with Crippen LogP contribution in [0.15, 0.2) is 41.4 Å². The maximum atomic E-state index is 12.2. The Hall–Kier alpha value is -1.68. The van der Waals surface area contributed by atoms with Gasteiger partial charge in [0.05, 0.1) is 10.5 Å². The molecule has 0 saturated heterocycles. The number of nitrogens with zero attached hydrogens (tertiary/aromatic N) is 1. The Morgan fingerprint density at radius 2 is 2.00 bits per heavy atom. The zero-order valence-corrected chi connectivity index (χ0v) is 13.8. The van der Waals surface area contributed by atoms with Crippen LogP contribution in [0.3, 0.4) is 0 Å². The van der Waals surface area contributed by atoms with Gasteiger partial charge >= 0.3 is 5.97 Å². The number of aromatic nitrogens is 1. The number of hydrogen-bond donors (Lipinski definition) is 2. The molecule has 0 radical (unpaired) electrons. The second-order valence-corrected chi connectivity index (χ2v) is 7.12. The first kappa shape index (κ1) is 15.7. The SMILES string of the molecule is Cc1ccc(NS(=O)(=O)c2ccc(I)c(C(=O)O)c2)nc1. The fourth-order valence-corrected chi connectivity index (χ4v) is 3.16. The number of carboxylic acids is 1. The third-order valence-electron chi connectivity index (χ3n) is 2.63. The highest BCUT2D eigenvalue weighted by molar-refractivity contribution is 14.1. The predicted octanol–water partition coefficient (Wildman–Crippen LogP) is 2.49. The Balaban J connectivity index is 2.38.